The summed E-state index contributed by atoms with van der Waals surface area (Å²) < 4.78 is 0. The molecule has 4 nitrogen and oxygen atoms in total. The van der Waals surface area contributed by atoms with Crippen molar-refractivity contribution in [1.82, 2.24) is 10.2 Å². The number of amides is 1. The van der Waals surface area contributed by atoms with Gasteiger partial charge in [-0.2, -0.15) is 0 Å². The van der Waals surface area contributed by atoms with Gasteiger partial charge in [0.1, 0.15) is 0 Å². The van der Waals surface area contributed by atoms with Gasteiger partial charge in [-0.15, -0.1) is 0 Å². The number of carbonyl (C=O) groups is 1. The molecule has 0 unspecified atom stereocenters. The van der Waals surface area contributed by atoms with Crippen LogP contribution in [-0.2, 0) is 4.79 Å². The molecule has 0 bridgehead atoms. The largest absolute Gasteiger partial charge is 0.353 e. The normalized spacial score (nSPS) is 31.6. The van der Waals surface area contributed by atoms with E-state index in [4.69, 9.17) is 5.73 Å². The molecule has 1 amide bonds. The molecule has 2 rings (SSSR count). The van der Waals surface area contributed by atoms with Crippen molar-refractivity contribution >= 4 is 5.91 Å². The first-order valence-electron chi connectivity index (χ1n) is 6.88. The first kappa shape index (κ1) is 12.8. The molecule has 0 aromatic rings. The Morgan fingerprint density at radius 1 is 1.29 bits per heavy atom. The number of hydrogen-bond donors (Lipinski definition) is 2. The van der Waals surface area contributed by atoms with E-state index in [2.05, 4.69) is 17.3 Å². The lowest BCUT2D eigenvalue weighted by atomic mass is 9.99. The van der Waals surface area contributed by atoms with Crippen molar-refractivity contribution in [3.05, 3.63) is 0 Å². The number of rotatable bonds is 3. The van der Waals surface area contributed by atoms with Gasteiger partial charge in [0.15, 0.2) is 0 Å². The molecule has 2 aliphatic rings. The average Bonchev–Trinajstić information content (AvgIpc) is 2.68. The second-order valence-corrected chi connectivity index (χ2v) is 5.70. The summed E-state index contributed by atoms with van der Waals surface area (Å²) in [6.45, 7) is 2.18. The lowest BCUT2D eigenvalue weighted by Crippen LogP contribution is -2.44. The predicted molar refractivity (Wildman–Crippen MR) is 68.6 cm³/mol. The van der Waals surface area contributed by atoms with E-state index in [1.54, 1.807) is 0 Å². The van der Waals surface area contributed by atoms with Crippen LogP contribution in [0.4, 0.5) is 0 Å². The maximum absolute atomic E-state index is 11.9. The molecule has 4 heteroatoms. The van der Waals surface area contributed by atoms with Crippen LogP contribution in [0.5, 0.6) is 0 Å². The third-order valence-corrected chi connectivity index (χ3v) is 4.25. The van der Waals surface area contributed by atoms with E-state index in [0.29, 0.717) is 18.4 Å². The zero-order valence-electron chi connectivity index (χ0n) is 10.8. The second kappa shape index (κ2) is 5.83. The summed E-state index contributed by atoms with van der Waals surface area (Å²) in [4.78, 5) is 14.2. The Bertz CT molecular complexity index is 261. The number of likely N-dealkylation sites (tertiary alicyclic amines) is 1. The first-order valence-corrected chi connectivity index (χ1v) is 6.88. The minimum absolute atomic E-state index is 0.210. The molecule has 1 aliphatic carbocycles. The molecule has 0 aromatic carbocycles. The number of hydrogen-bond acceptors (Lipinski definition) is 3. The minimum Gasteiger partial charge on any atom is -0.353 e. The van der Waals surface area contributed by atoms with E-state index in [1.165, 1.54) is 6.42 Å². The molecule has 1 saturated heterocycles. The zero-order chi connectivity index (χ0) is 12.3. The van der Waals surface area contributed by atoms with Crippen molar-refractivity contribution in [2.75, 3.05) is 20.1 Å². The molecule has 17 heavy (non-hydrogen) atoms. The number of nitrogens with zero attached hydrogens (tertiary/aromatic N) is 1. The van der Waals surface area contributed by atoms with Crippen molar-refractivity contribution in [3.8, 4) is 0 Å². The number of piperidine rings is 1. The van der Waals surface area contributed by atoms with Crippen LogP contribution in [0.15, 0.2) is 0 Å². The average molecular weight is 239 g/mol. The summed E-state index contributed by atoms with van der Waals surface area (Å²) in [7, 11) is 2.13. The lowest BCUT2D eigenvalue weighted by Gasteiger charge is -2.29. The highest BCUT2D eigenvalue weighted by atomic mass is 16.1. The number of nitrogens with one attached hydrogen (secondary N) is 1. The van der Waals surface area contributed by atoms with Crippen molar-refractivity contribution in [2.45, 2.75) is 50.6 Å². The van der Waals surface area contributed by atoms with Gasteiger partial charge in [-0.25, -0.2) is 0 Å². The van der Waals surface area contributed by atoms with Crippen molar-refractivity contribution in [3.63, 3.8) is 0 Å². The predicted octanol–water partition coefficient (Wildman–Crippen LogP) is 0.714. The summed E-state index contributed by atoms with van der Waals surface area (Å²) in [5, 5.41) is 3.17. The maximum Gasteiger partial charge on any atom is 0.220 e. The Hall–Kier alpha value is -0.610. The highest BCUT2D eigenvalue weighted by Gasteiger charge is 2.27. The van der Waals surface area contributed by atoms with Crippen LogP contribution < -0.4 is 11.1 Å². The van der Waals surface area contributed by atoms with E-state index in [1.807, 2.05) is 0 Å². The van der Waals surface area contributed by atoms with E-state index in [-0.39, 0.29) is 11.9 Å². The standard InChI is InChI=1S/C13H25N3O/c1-16-7-5-11(6-8-16)15-13(17)9-10-3-2-4-12(10)14/h10-12H,2-9,14H2,1H3,(H,15,17)/t10-,12+/m0/s1. The minimum atomic E-state index is 0.210. The van der Waals surface area contributed by atoms with Crippen LogP contribution >= 0.6 is 0 Å². The smallest absolute Gasteiger partial charge is 0.220 e. The summed E-state index contributed by atoms with van der Waals surface area (Å²) in [5.74, 6) is 0.628. The van der Waals surface area contributed by atoms with E-state index >= 15 is 0 Å². The van der Waals surface area contributed by atoms with Crippen molar-refractivity contribution < 1.29 is 4.79 Å². The summed E-state index contributed by atoms with van der Waals surface area (Å²) in [5.41, 5.74) is 5.99. The van der Waals surface area contributed by atoms with Crippen molar-refractivity contribution in [2.24, 2.45) is 11.7 Å². The molecule has 2 atom stereocenters. The molecule has 98 valence electrons. The Morgan fingerprint density at radius 3 is 2.59 bits per heavy atom. The third kappa shape index (κ3) is 3.68. The van der Waals surface area contributed by atoms with Gasteiger partial charge in [-0.3, -0.25) is 4.79 Å². The van der Waals surface area contributed by atoms with Crippen LogP contribution in [0.2, 0.25) is 0 Å². The van der Waals surface area contributed by atoms with Gasteiger partial charge in [0.2, 0.25) is 5.91 Å². The fourth-order valence-electron chi connectivity index (χ4n) is 3.00. The fraction of sp³-hybridized carbons (Fsp3) is 0.923. The van der Waals surface area contributed by atoms with E-state index in [9.17, 15) is 4.79 Å². The van der Waals surface area contributed by atoms with Gasteiger partial charge < -0.3 is 16.0 Å². The molecule has 1 saturated carbocycles. The molecule has 0 spiro atoms. The van der Waals surface area contributed by atoms with Gasteiger partial charge in [-0.1, -0.05) is 6.42 Å². The Balaban J connectivity index is 1.70. The lowest BCUT2D eigenvalue weighted by molar-refractivity contribution is -0.123. The zero-order valence-corrected chi connectivity index (χ0v) is 10.8. The van der Waals surface area contributed by atoms with Gasteiger partial charge >= 0.3 is 0 Å². The highest BCUT2D eigenvalue weighted by molar-refractivity contribution is 5.76. The van der Waals surface area contributed by atoms with Crippen LogP contribution in [0, 0.1) is 5.92 Å². The van der Waals surface area contributed by atoms with Gasteiger partial charge in [-0.05, 0) is 51.7 Å². The van der Waals surface area contributed by atoms with Gasteiger partial charge in [0.05, 0.1) is 0 Å². The Morgan fingerprint density at radius 2 is 2.00 bits per heavy atom. The quantitative estimate of drug-likeness (QED) is 0.763. The summed E-state index contributed by atoms with van der Waals surface area (Å²) in [6, 6.07) is 0.634. The summed E-state index contributed by atoms with van der Waals surface area (Å²) >= 11 is 0. The molecule has 2 fully saturated rings. The van der Waals surface area contributed by atoms with Gasteiger partial charge in [0, 0.05) is 18.5 Å². The van der Waals surface area contributed by atoms with Gasteiger partial charge in [0.25, 0.3) is 0 Å². The Kier molecular flexibility index (Phi) is 4.40. The number of carbonyl (C=O) groups excluding carboxylic acids is 1. The molecule has 0 radical (unpaired) electrons. The molecule has 1 heterocycles. The molecule has 1 aliphatic heterocycles. The number of nitrogens with two attached hydrogens (primary N) is 1. The fourth-order valence-corrected chi connectivity index (χ4v) is 3.00. The first-order chi connectivity index (χ1) is 8.15. The molecular weight excluding hydrogens is 214 g/mol. The topological polar surface area (TPSA) is 58.4 Å². The SMILES string of the molecule is CN1CCC(NC(=O)C[C@@H]2CCC[C@H]2N)CC1. The van der Waals surface area contributed by atoms with Crippen LogP contribution in [0.3, 0.4) is 0 Å². The maximum atomic E-state index is 11.9. The van der Waals surface area contributed by atoms with E-state index < -0.39 is 0 Å². The van der Waals surface area contributed by atoms with E-state index in [0.717, 1.165) is 38.8 Å². The monoisotopic (exact) mass is 239 g/mol. The molecule has 3 N–H and O–H groups in total. The molecular formula is C13H25N3O. The molecule has 0 aromatic heterocycles. The highest BCUT2D eigenvalue weighted by Crippen LogP contribution is 2.26. The van der Waals surface area contributed by atoms with Crippen LogP contribution in [0.1, 0.15) is 38.5 Å². The Labute approximate surface area is 104 Å². The third-order valence-electron chi connectivity index (χ3n) is 4.25. The summed E-state index contributed by atoms with van der Waals surface area (Å²) in [6.07, 6.45) is 6.20. The van der Waals surface area contributed by atoms with Crippen LogP contribution in [-0.4, -0.2) is 43.0 Å². The van der Waals surface area contributed by atoms with Crippen molar-refractivity contribution in [1.29, 1.82) is 0 Å². The van der Waals surface area contributed by atoms with Crippen LogP contribution in [0.25, 0.3) is 0 Å². The second-order valence-electron chi connectivity index (χ2n) is 5.70.